The molecule has 1 heterocycles. The summed E-state index contributed by atoms with van der Waals surface area (Å²) in [4.78, 5) is 12.8. The summed E-state index contributed by atoms with van der Waals surface area (Å²) in [5.74, 6) is -0.671. The molecule has 0 spiro atoms. The molecular weight excluding hydrogens is 178 g/mol. The first-order valence-electron chi connectivity index (χ1n) is 5.70. The summed E-state index contributed by atoms with van der Waals surface area (Å²) < 4.78 is 0. The third-order valence-corrected chi connectivity index (χ3v) is 3.06. The number of carboxylic acid groups (broad SMARTS) is 1. The van der Waals surface area contributed by atoms with Crippen molar-refractivity contribution in [3.05, 3.63) is 0 Å². The minimum absolute atomic E-state index is 0.312. The van der Waals surface area contributed by atoms with Crippen molar-refractivity contribution in [3.8, 4) is 0 Å². The normalized spacial score (nSPS) is 23.6. The number of nitrogens with zero attached hydrogens (tertiary/aromatic N) is 1. The van der Waals surface area contributed by atoms with Gasteiger partial charge in [0.15, 0.2) is 0 Å². The van der Waals surface area contributed by atoms with E-state index < -0.39 is 5.97 Å². The van der Waals surface area contributed by atoms with Gasteiger partial charge in [-0.25, -0.2) is 0 Å². The molecule has 0 saturated carbocycles. The van der Waals surface area contributed by atoms with Crippen LogP contribution in [0.1, 0.15) is 45.4 Å². The van der Waals surface area contributed by atoms with Crippen molar-refractivity contribution < 1.29 is 9.90 Å². The quantitative estimate of drug-likeness (QED) is 0.737. The average Bonchev–Trinajstić information content (AvgIpc) is 2.18. The fourth-order valence-electron chi connectivity index (χ4n) is 2.25. The third kappa shape index (κ3) is 3.66. The number of piperidine rings is 1. The molecule has 0 bridgehead atoms. The fourth-order valence-corrected chi connectivity index (χ4v) is 2.25. The van der Waals surface area contributed by atoms with E-state index in [9.17, 15) is 4.79 Å². The van der Waals surface area contributed by atoms with Crippen LogP contribution < -0.4 is 0 Å². The molecule has 3 heteroatoms. The average molecular weight is 199 g/mol. The van der Waals surface area contributed by atoms with Gasteiger partial charge in [0, 0.05) is 12.5 Å². The van der Waals surface area contributed by atoms with Crippen molar-refractivity contribution in [2.75, 3.05) is 13.1 Å². The lowest BCUT2D eigenvalue weighted by atomic mass is 10.00. The molecule has 0 radical (unpaired) electrons. The van der Waals surface area contributed by atoms with Gasteiger partial charge in [-0.2, -0.15) is 0 Å². The Morgan fingerprint density at radius 3 is 2.93 bits per heavy atom. The molecule has 14 heavy (non-hydrogen) atoms. The summed E-state index contributed by atoms with van der Waals surface area (Å²) in [5, 5.41) is 8.55. The van der Waals surface area contributed by atoms with Gasteiger partial charge in [0.2, 0.25) is 0 Å². The zero-order chi connectivity index (χ0) is 10.4. The largest absolute Gasteiger partial charge is 0.481 e. The van der Waals surface area contributed by atoms with Crippen LogP contribution in [0.2, 0.25) is 0 Å². The Morgan fingerprint density at radius 2 is 2.29 bits per heavy atom. The minimum Gasteiger partial charge on any atom is -0.481 e. The SMILES string of the molecule is CCC1CCCCN1CCCC(=O)O. The van der Waals surface area contributed by atoms with Gasteiger partial charge in [0.05, 0.1) is 0 Å². The molecule has 0 aromatic heterocycles. The fraction of sp³-hybridized carbons (Fsp3) is 0.909. The van der Waals surface area contributed by atoms with Crippen molar-refractivity contribution >= 4 is 5.97 Å². The van der Waals surface area contributed by atoms with Crippen LogP contribution in [0.3, 0.4) is 0 Å². The molecular formula is C11H21NO2. The Kier molecular flexibility index (Phi) is 4.94. The minimum atomic E-state index is -0.671. The van der Waals surface area contributed by atoms with Gasteiger partial charge in [-0.05, 0) is 38.8 Å². The zero-order valence-electron chi connectivity index (χ0n) is 9.04. The molecule has 82 valence electrons. The number of likely N-dealkylation sites (tertiary alicyclic amines) is 1. The highest BCUT2D eigenvalue weighted by Gasteiger charge is 2.19. The second-order valence-electron chi connectivity index (χ2n) is 4.09. The van der Waals surface area contributed by atoms with Crippen LogP contribution >= 0.6 is 0 Å². The highest BCUT2D eigenvalue weighted by atomic mass is 16.4. The van der Waals surface area contributed by atoms with Gasteiger partial charge in [-0.1, -0.05) is 13.3 Å². The Hall–Kier alpha value is -0.570. The molecule has 1 aliphatic heterocycles. The Labute approximate surface area is 86.1 Å². The monoisotopic (exact) mass is 199 g/mol. The van der Waals surface area contributed by atoms with Crippen molar-refractivity contribution in [1.29, 1.82) is 0 Å². The maximum absolute atomic E-state index is 10.4. The van der Waals surface area contributed by atoms with Crippen molar-refractivity contribution in [3.63, 3.8) is 0 Å². The van der Waals surface area contributed by atoms with Gasteiger partial charge in [0.25, 0.3) is 0 Å². The van der Waals surface area contributed by atoms with E-state index in [1.807, 2.05) is 0 Å². The molecule has 0 aliphatic carbocycles. The molecule has 1 unspecified atom stereocenters. The predicted molar refractivity (Wildman–Crippen MR) is 56.4 cm³/mol. The second kappa shape index (κ2) is 6.02. The summed E-state index contributed by atoms with van der Waals surface area (Å²) in [6.07, 6.45) is 6.23. The van der Waals surface area contributed by atoms with Gasteiger partial charge >= 0.3 is 5.97 Å². The van der Waals surface area contributed by atoms with Crippen LogP contribution in [0, 0.1) is 0 Å². The van der Waals surface area contributed by atoms with E-state index in [0.717, 1.165) is 19.5 Å². The molecule has 0 amide bonds. The van der Waals surface area contributed by atoms with Crippen molar-refractivity contribution in [2.45, 2.75) is 51.5 Å². The van der Waals surface area contributed by atoms with E-state index in [-0.39, 0.29) is 0 Å². The first kappa shape index (κ1) is 11.5. The van der Waals surface area contributed by atoms with Gasteiger partial charge in [0.1, 0.15) is 0 Å². The number of rotatable bonds is 5. The highest BCUT2D eigenvalue weighted by molar-refractivity contribution is 5.66. The Balaban J connectivity index is 2.22. The maximum atomic E-state index is 10.4. The maximum Gasteiger partial charge on any atom is 0.303 e. The number of aliphatic carboxylic acids is 1. The van der Waals surface area contributed by atoms with Crippen LogP contribution in [0.25, 0.3) is 0 Å². The summed E-state index contributed by atoms with van der Waals surface area (Å²) in [6.45, 7) is 4.35. The number of carboxylic acids is 1. The van der Waals surface area contributed by atoms with Crippen LogP contribution in [-0.2, 0) is 4.79 Å². The number of hydrogen-bond acceptors (Lipinski definition) is 2. The standard InChI is InChI=1S/C11H21NO2/c1-2-10-6-3-4-8-12(10)9-5-7-11(13)14/h10H,2-9H2,1H3,(H,13,14). The summed E-state index contributed by atoms with van der Waals surface area (Å²) >= 11 is 0. The lowest BCUT2D eigenvalue weighted by molar-refractivity contribution is -0.137. The van der Waals surface area contributed by atoms with Crippen LogP contribution in [-0.4, -0.2) is 35.1 Å². The molecule has 1 atom stereocenters. The Morgan fingerprint density at radius 1 is 1.50 bits per heavy atom. The van der Waals surface area contributed by atoms with E-state index in [1.165, 1.54) is 25.7 Å². The summed E-state index contributed by atoms with van der Waals surface area (Å²) in [6, 6.07) is 0.706. The molecule has 0 aromatic rings. The van der Waals surface area contributed by atoms with Gasteiger partial charge in [-0.3, -0.25) is 4.79 Å². The first-order valence-corrected chi connectivity index (χ1v) is 5.70. The van der Waals surface area contributed by atoms with E-state index in [4.69, 9.17) is 5.11 Å². The lowest BCUT2D eigenvalue weighted by Gasteiger charge is -2.35. The second-order valence-corrected chi connectivity index (χ2v) is 4.09. The van der Waals surface area contributed by atoms with Crippen molar-refractivity contribution in [2.24, 2.45) is 0 Å². The molecule has 1 saturated heterocycles. The van der Waals surface area contributed by atoms with E-state index in [2.05, 4.69) is 11.8 Å². The lowest BCUT2D eigenvalue weighted by Crippen LogP contribution is -2.39. The van der Waals surface area contributed by atoms with Crippen molar-refractivity contribution in [1.82, 2.24) is 4.90 Å². The Bertz CT molecular complexity index is 182. The molecule has 1 N–H and O–H groups in total. The van der Waals surface area contributed by atoms with Gasteiger partial charge in [-0.15, -0.1) is 0 Å². The predicted octanol–water partition coefficient (Wildman–Crippen LogP) is 2.12. The number of carbonyl (C=O) groups is 1. The van der Waals surface area contributed by atoms with Crippen LogP contribution in [0.15, 0.2) is 0 Å². The molecule has 0 aromatic carbocycles. The van der Waals surface area contributed by atoms with Gasteiger partial charge < -0.3 is 10.0 Å². The third-order valence-electron chi connectivity index (χ3n) is 3.06. The van der Waals surface area contributed by atoms with Crippen LogP contribution in [0.4, 0.5) is 0 Å². The van der Waals surface area contributed by atoms with Crippen LogP contribution in [0.5, 0.6) is 0 Å². The molecule has 1 fully saturated rings. The van der Waals surface area contributed by atoms with E-state index in [1.54, 1.807) is 0 Å². The molecule has 1 aliphatic rings. The summed E-state index contributed by atoms with van der Waals surface area (Å²) in [7, 11) is 0. The summed E-state index contributed by atoms with van der Waals surface area (Å²) in [5.41, 5.74) is 0. The highest BCUT2D eigenvalue weighted by Crippen LogP contribution is 2.19. The zero-order valence-corrected chi connectivity index (χ0v) is 9.04. The first-order chi connectivity index (χ1) is 6.74. The molecule has 3 nitrogen and oxygen atoms in total. The topological polar surface area (TPSA) is 40.5 Å². The smallest absolute Gasteiger partial charge is 0.303 e. The number of hydrogen-bond donors (Lipinski definition) is 1. The van der Waals surface area contributed by atoms with E-state index >= 15 is 0 Å². The molecule has 1 rings (SSSR count). The van der Waals surface area contributed by atoms with E-state index in [0.29, 0.717) is 12.5 Å².